The Kier molecular flexibility index (Phi) is 6.97. The minimum atomic E-state index is -0.675. The molecule has 0 aliphatic heterocycles. The lowest BCUT2D eigenvalue weighted by Crippen LogP contribution is -2.21. The summed E-state index contributed by atoms with van der Waals surface area (Å²) < 4.78 is 4.85. The first-order chi connectivity index (χ1) is 13.3. The third-order valence-corrected chi connectivity index (χ3v) is 4.09. The van der Waals surface area contributed by atoms with Crippen LogP contribution in [0.4, 0.5) is 11.4 Å². The van der Waals surface area contributed by atoms with Gasteiger partial charge in [-0.1, -0.05) is 18.2 Å². The number of non-ortho nitro benzene ring substituents is 1. The molecule has 0 atom stereocenters. The zero-order chi connectivity index (χ0) is 20.7. The molecule has 2 rings (SSSR count). The predicted octanol–water partition coefficient (Wildman–Crippen LogP) is 3.36. The largest absolute Gasteiger partial charge is 0.456 e. The Hall–Kier alpha value is -3.55. The van der Waals surface area contributed by atoms with E-state index in [4.69, 9.17) is 4.74 Å². The van der Waals surface area contributed by atoms with Crippen LogP contribution in [-0.2, 0) is 14.3 Å². The number of nitro groups is 1. The summed E-state index contributed by atoms with van der Waals surface area (Å²) in [7, 11) is 0. The summed E-state index contributed by atoms with van der Waals surface area (Å²) in [4.78, 5) is 45.8. The molecule has 28 heavy (non-hydrogen) atoms. The van der Waals surface area contributed by atoms with Crippen LogP contribution in [0.15, 0.2) is 42.5 Å². The quantitative estimate of drug-likeness (QED) is 0.323. The van der Waals surface area contributed by atoms with Crippen LogP contribution in [0.1, 0.15) is 34.3 Å². The van der Waals surface area contributed by atoms with Crippen LogP contribution in [-0.4, -0.2) is 29.2 Å². The normalized spacial score (nSPS) is 10.2. The molecule has 0 fully saturated rings. The van der Waals surface area contributed by atoms with Gasteiger partial charge in [0, 0.05) is 29.8 Å². The fraction of sp³-hybridized carbons (Fsp3) is 0.250. The highest BCUT2D eigenvalue weighted by Gasteiger charge is 2.13. The Morgan fingerprint density at radius 2 is 1.79 bits per heavy atom. The summed E-state index contributed by atoms with van der Waals surface area (Å²) in [5.74, 6) is -1.48. The Morgan fingerprint density at radius 1 is 1.04 bits per heavy atom. The third kappa shape index (κ3) is 6.01. The van der Waals surface area contributed by atoms with Gasteiger partial charge in [-0.3, -0.25) is 24.5 Å². The van der Waals surface area contributed by atoms with E-state index in [0.29, 0.717) is 5.56 Å². The lowest BCUT2D eigenvalue weighted by Gasteiger charge is -2.07. The second kappa shape index (κ2) is 9.40. The first kappa shape index (κ1) is 20.8. The highest BCUT2D eigenvalue weighted by molar-refractivity contribution is 5.98. The minimum Gasteiger partial charge on any atom is -0.456 e. The van der Waals surface area contributed by atoms with Crippen molar-refractivity contribution in [1.82, 2.24) is 0 Å². The number of nitrogens with zero attached hydrogens (tertiary/aromatic N) is 1. The molecule has 0 saturated carbocycles. The monoisotopic (exact) mass is 384 g/mol. The van der Waals surface area contributed by atoms with Gasteiger partial charge in [0.15, 0.2) is 12.4 Å². The van der Waals surface area contributed by atoms with Crippen molar-refractivity contribution < 1.29 is 24.0 Å². The molecule has 0 heterocycles. The molecule has 0 saturated heterocycles. The van der Waals surface area contributed by atoms with Gasteiger partial charge in [-0.25, -0.2) is 0 Å². The van der Waals surface area contributed by atoms with Crippen LogP contribution in [0.25, 0.3) is 0 Å². The molecule has 1 N–H and O–H groups in total. The Balaban J connectivity index is 1.78. The van der Waals surface area contributed by atoms with E-state index in [2.05, 4.69) is 5.32 Å². The maximum atomic E-state index is 12.1. The van der Waals surface area contributed by atoms with Crippen molar-refractivity contribution >= 4 is 29.0 Å². The molecule has 0 radical (unpaired) electrons. The summed E-state index contributed by atoms with van der Waals surface area (Å²) in [5, 5.41) is 13.1. The van der Waals surface area contributed by atoms with E-state index in [0.717, 1.165) is 11.1 Å². The Labute approximate surface area is 161 Å². The molecule has 2 aromatic carbocycles. The van der Waals surface area contributed by atoms with Crippen LogP contribution in [0, 0.1) is 24.0 Å². The van der Waals surface area contributed by atoms with Gasteiger partial charge in [0.05, 0.1) is 11.3 Å². The number of carbonyl (C=O) groups excluding carboxylic acids is 3. The van der Waals surface area contributed by atoms with E-state index in [-0.39, 0.29) is 30.0 Å². The third-order valence-electron chi connectivity index (χ3n) is 4.09. The van der Waals surface area contributed by atoms with Gasteiger partial charge in [-0.05, 0) is 37.1 Å². The van der Waals surface area contributed by atoms with Crippen LogP contribution in [0.2, 0.25) is 0 Å². The molecule has 0 bridgehead atoms. The fourth-order valence-electron chi connectivity index (χ4n) is 2.39. The molecular formula is C20H20N2O6. The second-order valence-corrected chi connectivity index (χ2v) is 6.24. The number of Topliss-reactive ketones (excluding diaryl/α,β-unsaturated/α-hetero) is 1. The predicted molar refractivity (Wildman–Crippen MR) is 102 cm³/mol. The molecule has 0 aliphatic rings. The summed E-state index contributed by atoms with van der Waals surface area (Å²) in [6.07, 6.45) is -0.163. The minimum absolute atomic E-state index is 0.0200. The average molecular weight is 384 g/mol. The van der Waals surface area contributed by atoms with Crippen molar-refractivity contribution in [3.8, 4) is 0 Å². The second-order valence-electron chi connectivity index (χ2n) is 6.24. The number of hydrogen-bond acceptors (Lipinski definition) is 6. The number of nitrogens with one attached hydrogen (secondary N) is 1. The van der Waals surface area contributed by atoms with Crippen LogP contribution >= 0.6 is 0 Å². The van der Waals surface area contributed by atoms with Gasteiger partial charge in [-0.2, -0.15) is 0 Å². The fourth-order valence-corrected chi connectivity index (χ4v) is 2.39. The smallest absolute Gasteiger partial charge is 0.306 e. The van der Waals surface area contributed by atoms with Crippen LogP contribution < -0.4 is 5.32 Å². The summed E-state index contributed by atoms with van der Waals surface area (Å²) in [6.45, 7) is 3.30. The van der Waals surface area contributed by atoms with E-state index >= 15 is 0 Å². The highest BCUT2D eigenvalue weighted by Crippen LogP contribution is 2.17. The standard InChI is InChI=1S/C20H20N2O6/c1-13-6-7-15(10-14(13)2)18(23)8-9-20(25)28-12-19(24)21-16-4-3-5-17(11-16)22(26)27/h3-7,10-11H,8-9,12H2,1-2H3,(H,21,24). The van der Waals surface area contributed by atoms with E-state index < -0.39 is 23.4 Å². The van der Waals surface area contributed by atoms with E-state index in [1.54, 1.807) is 12.1 Å². The number of anilines is 1. The molecule has 8 nitrogen and oxygen atoms in total. The first-order valence-corrected chi connectivity index (χ1v) is 8.56. The van der Waals surface area contributed by atoms with Crippen molar-refractivity contribution in [2.24, 2.45) is 0 Å². The van der Waals surface area contributed by atoms with Gasteiger partial charge in [-0.15, -0.1) is 0 Å². The summed E-state index contributed by atoms with van der Waals surface area (Å²) >= 11 is 0. The average Bonchev–Trinajstić information content (AvgIpc) is 2.66. The number of aryl methyl sites for hydroxylation is 2. The number of carbonyl (C=O) groups is 3. The van der Waals surface area contributed by atoms with E-state index in [9.17, 15) is 24.5 Å². The zero-order valence-corrected chi connectivity index (χ0v) is 15.6. The van der Waals surface area contributed by atoms with Crippen molar-refractivity contribution in [1.29, 1.82) is 0 Å². The number of nitro benzene ring substituents is 1. The number of ketones is 1. The number of benzene rings is 2. The molecule has 1 amide bonds. The number of amides is 1. The van der Waals surface area contributed by atoms with Gasteiger partial charge in [0.1, 0.15) is 0 Å². The number of esters is 1. The zero-order valence-electron chi connectivity index (χ0n) is 15.6. The van der Waals surface area contributed by atoms with Crippen molar-refractivity contribution in [2.75, 3.05) is 11.9 Å². The number of rotatable bonds is 8. The number of ether oxygens (including phenoxy) is 1. The van der Waals surface area contributed by atoms with Crippen LogP contribution in [0.3, 0.4) is 0 Å². The van der Waals surface area contributed by atoms with Crippen molar-refractivity contribution in [2.45, 2.75) is 26.7 Å². The molecule has 0 aliphatic carbocycles. The van der Waals surface area contributed by atoms with Gasteiger partial charge in [0.25, 0.3) is 11.6 Å². The molecule has 146 valence electrons. The van der Waals surface area contributed by atoms with Gasteiger partial charge >= 0.3 is 5.97 Å². The molecule has 8 heteroatoms. The maximum absolute atomic E-state index is 12.1. The van der Waals surface area contributed by atoms with Crippen LogP contribution in [0.5, 0.6) is 0 Å². The van der Waals surface area contributed by atoms with E-state index in [1.165, 1.54) is 24.3 Å². The molecular weight excluding hydrogens is 364 g/mol. The molecule has 0 aromatic heterocycles. The lowest BCUT2D eigenvalue weighted by molar-refractivity contribution is -0.384. The summed E-state index contributed by atoms with van der Waals surface area (Å²) in [5.41, 5.74) is 2.65. The maximum Gasteiger partial charge on any atom is 0.306 e. The van der Waals surface area contributed by atoms with Gasteiger partial charge < -0.3 is 10.1 Å². The molecule has 0 spiro atoms. The van der Waals surface area contributed by atoms with Crippen molar-refractivity contribution in [3.63, 3.8) is 0 Å². The Bertz CT molecular complexity index is 923. The SMILES string of the molecule is Cc1ccc(C(=O)CCC(=O)OCC(=O)Nc2cccc([N+](=O)[O-])c2)cc1C. The topological polar surface area (TPSA) is 116 Å². The highest BCUT2D eigenvalue weighted by atomic mass is 16.6. The molecule has 0 unspecified atom stereocenters. The lowest BCUT2D eigenvalue weighted by atomic mass is 10.0. The van der Waals surface area contributed by atoms with E-state index in [1.807, 2.05) is 19.9 Å². The van der Waals surface area contributed by atoms with Crippen molar-refractivity contribution in [3.05, 3.63) is 69.3 Å². The molecule has 2 aromatic rings. The summed E-state index contributed by atoms with van der Waals surface area (Å²) in [6, 6.07) is 10.7. The van der Waals surface area contributed by atoms with Gasteiger partial charge in [0.2, 0.25) is 0 Å². The Morgan fingerprint density at radius 3 is 2.46 bits per heavy atom. The first-order valence-electron chi connectivity index (χ1n) is 8.56. The number of hydrogen-bond donors (Lipinski definition) is 1.